The van der Waals surface area contributed by atoms with E-state index in [1.54, 1.807) is 5.38 Å². The molecule has 3 aromatic carbocycles. The van der Waals surface area contributed by atoms with Gasteiger partial charge in [-0.3, -0.25) is 14.5 Å². The molecule has 1 saturated heterocycles. The van der Waals surface area contributed by atoms with Crippen LogP contribution in [0.1, 0.15) is 35.2 Å². The molecule has 0 spiro atoms. The predicted molar refractivity (Wildman–Crippen MR) is 186 cm³/mol. The van der Waals surface area contributed by atoms with E-state index in [9.17, 15) is 41.1 Å². The molecule has 2 amide bonds. The number of halogens is 3. The summed E-state index contributed by atoms with van der Waals surface area (Å²) in [5.74, 6) is -4.86. The van der Waals surface area contributed by atoms with Crippen LogP contribution < -0.4 is 10.6 Å². The topological polar surface area (TPSA) is 177 Å². The number of nitrogens with one attached hydrogen (secondary N) is 2. The van der Waals surface area contributed by atoms with Crippen LogP contribution in [0.25, 0.3) is 0 Å². The number of hydrogen-bond acceptors (Lipinski definition) is 11. The van der Waals surface area contributed by atoms with Crippen LogP contribution in [0.3, 0.4) is 0 Å². The number of carbonyl (C=O) groups is 3. The Kier molecular flexibility index (Phi) is 10.3. The summed E-state index contributed by atoms with van der Waals surface area (Å²) < 4.78 is 66.0. The van der Waals surface area contributed by atoms with Crippen LogP contribution in [-0.2, 0) is 38.9 Å². The van der Waals surface area contributed by atoms with Gasteiger partial charge in [0, 0.05) is 18.3 Å². The van der Waals surface area contributed by atoms with Crippen LogP contribution in [0.4, 0.5) is 18.3 Å². The second-order valence-corrected chi connectivity index (χ2v) is 14.2. The number of fused-ring (bicyclic) bond motifs is 1. The van der Waals surface area contributed by atoms with Crippen molar-refractivity contribution in [2.24, 2.45) is 5.16 Å². The van der Waals surface area contributed by atoms with Gasteiger partial charge in [0.15, 0.2) is 22.3 Å². The standard InChI is InChI=1S/C35H30F3N5O8S2/c1-50-42-27(30(44)41-28-25-17-18-26(51-53(48,49)35(36,37)38)29(32(46)47)43(25)31(28)45)24-19-52-33(40-24)39-20-34(21-11-5-2-6-12-21,22-13-7-3-8-14-22)23-15-9-4-10-16-23/h2-16,19,25,28H,17-18,20H2,1H3,(H,39,40)(H,41,44)(H,46,47)/t25-,28-/m0/s1. The molecular formula is C35H30F3N5O8S2. The first-order valence-electron chi connectivity index (χ1n) is 15.9. The Labute approximate surface area is 304 Å². The van der Waals surface area contributed by atoms with Crippen molar-refractivity contribution in [1.29, 1.82) is 0 Å². The van der Waals surface area contributed by atoms with Crippen molar-refractivity contribution in [2.45, 2.75) is 35.8 Å². The van der Waals surface area contributed by atoms with Crippen molar-refractivity contribution in [1.82, 2.24) is 15.2 Å². The average Bonchev–Trinajstić information content (AvgIpc) is 3.62. The zero-order valence-corrected chi connectivity index (χ0v) is 29.2. The zero-order chi connectivity index (χ0) is 38.0. The third-order valence-electron chi connectivity index (χ3n) is 8.82. The zero-order valence-electron chi connectivity index (χ0n) is 27.6. The molecular weight excluding hydrogens is 740 g/mol. The second-order valence-electron chi connectivity index (χ2n) is 11.8. The number of allylic oxidation sites excluding steroid dienone is 1. The maximum Gasteiger partial charge on any atom is 0.534 e. The molecule has 2 aliphatic rings. The number of carboxylic acids is 1. The number of alkyl halides is 3. The normalized spacial score (nSPS) is 17.8. The monoisotopic (exact) mass is 769 g/mol. The molecule has 6 rings (SSSR count). The number of thiazole rings is 1. The number of rotatable bonds is 13. The summed E-state index contributed by atoms with van der Waals surface area (Å²) in [5, 5.41) is 21.4. The van der Waals surface area contributed by atoms with Crippen LogP contribution in [0.15, 0.2) is 113 Å². The Hall–Kier alpha value is -5.75. The maximum atomic E-state index is 13.5. The SMILES string of the molecule is CON=C(C(=O)N[C@@H]1C(=O)N2C(C(=O)O)=C(OS(=O)(=O)C(F)(F)F)CC[C@@H]12)c1csc(NCC(c2ccccc2)(c2ccccc2)c2ccccc2)n1. The molecule has 18 heteroatoms. The smallest absolute Gasteiger partial charge is 0.476 e. The van der Waals surface area contributed by atoms with Crippen molar-refractivity contribution >= 4 is 50.1 Å². The van der Waals surface area contributed by atoms with Crippen molar-refractivity contribution < 1.29 is 50.1 Å². The molecule has 1 aromatic heterocycles. The van der Waals surface area contributed by atoms with Crippen LogP contribution in [0.5, 0.6) is 0 Å². The lowest BCUT2D eigenvalue weighted by Crippen LogP contribution is -2.72. The van der Waals surface area contributed by atoms with Crippen LogP contribution in [0, 0.1) is 0 Å². The number of anilines is 1. The molecule has 13 nitrogen and oxygen atoms in total. The van der Waals surface area contributed by atoms with Crippen LogP contribution in [-0.4, -0.2) is 78.2 Å². The van der Waals surface area contributed by atoms with Crippen molar-refractivity contribution in [3.05, 3.63) is 130 Å². The van der Waals surface area contributed by atoms with Gasteiger partial charge in [0.1, 0.15) is 18.8 Å². The predicted octanol–water partition coefficient (Wildman–Crippen LogP) is 4.59. The number of oxime groups is 1. The van der Waals surface area contributed by atoms with Gasteiger partial charge in [0.25, 0.3) is 11.8 Å². The lowest BCUT2D eigenvalue weighted by atomic mass is 9.69. The van der Waals surface area contributed by atoms with E-state index in [1.165, 1.54) is 18.4 Å². The first-order chi connectivity index (χ1) is 25.3. The van der Waals surface area contributed by atoms with Crippen molar-refractivity contribution in [3.63, 3.8) is 0 Å². The van der Waals surface area contributed by atoms with Gasteiger partial charge >= 0.3 is 21.6 Å². The van der Waals surface area contributed by atoms with Gasteiger partial charge in [0.2, 0.25) is 0 Å². The van der Waals surface area contributed by atoms with Gasteiger partial charge in [0.05, 0.1) is 11.5 Å². The summed E-state index contributed by atoms with van der Waals surface area (Å²) in [5.41, 5.74) is -4.72. The van der Waals surface area contributed by atoms with E-state index in [4.69, 9.17) is 4.84 Å². The number of aromatic nitrogens is 1. The minimum atomic E-state index is -6.20. The van der Waals surface area contributed by atoms with Crippen LogP contribution in [0.2, 0.25) is 0 Å². The van der Waals surface area contributed by atoms with Gasteiger partial charge in [-0.15, -0.1) is 11.3 Å². The van der Waals surface area contributed by atoms with E-state index >= 15 is 0 Å². The van der Waals surface area contributed by atoms with Crippen LogP contribution >= 0.6 is 11.3 Å². The first-order valence-corrected chi connectivity index (χ1v) is 18.2. The number of β-lactam (4-membered cyclic amide) rings is 1. The van der Waals surface area contributed by atoms with Gasteiger partial charge < -0.3 is 24.8 Å². The summed E-state index contributed by atoms with van der Waals surface area (Å²) in [4.78, 5) is 48.6. The highest BCUT2D eigenvalue weighted by molar-refractivity contribution is 7.87. The van der Waals surface area contributed by atoms with E-state index in [-0.39, 0.29) is 17.8 Å². The Bertz CT molecular complexity index is 2080. The highest BCUT2D eigenvalue weighted by Crippen LogP contribution is 2.41. The molecule has 0 radical (unpaired) electrons. The summed E-state index contributed by atoms with van der Waals surface area (Å²) >= 11 is 1.19. The average molecular weight is 770 g/mol. The summed E-state index contributed by atoms with van der Waals surface area (Å²) in [6.45, 7) is 0.352. The molecule has 0 saturated carbocycles. The van der Waals surface area contributed by atoms with E-state index in [0.717, 1.165) is 16.7 Å². The molecule has 53 heavy (non-hydrogen) atoms. The lowest BCUT2D eigenvalue weighted by Gasteiger charge is -2.49. The fourth-order valence-corrected chi connectivity index (χ4v) is 7.66. The molecule has 0 unspecified atom stereocenters. The quantitative estimate of drug-likeness (QED) is 0.0436. The number of benzene rings is 3. The van der Waals surface area contributed by atoms with E-state index in [0.29, 0.717) is 16.6 Å². The van der Waals surface area contributed by atoms with Crippen molar-refractivity contribution in [2.75, 3.05) is 19.0 Å². The van der Waals surface area contributed by atoms with Crippen molar-refractivity contribution in [3.8, 4) is 0 Å². The van der Waals surface area contributed by atoms with Gasteiger partial charge in [-0.2, -0.15) is 21.6 Å². The fraction of sp³-hybridized carbons (Fsp3) is 0.229. The number of carboxylic acid groups (broad SMARTS) is 1. The molecule has 3 N–H and O–H groups in total. The number of nitrogens with zero attached hydrogens (tertiary/aromatic N) is 3. The highest BCUT2D eigenvalue weighted by atomic mass is 32.2. The molecule has 0 bridgehead atoms. The summed E-state index contributed by atoms with van der Waals surface area (Å²) in [6.07, 6.45) is -0.794. The molecule has 3 heterocycles. The van der Waals surface area contributed by atoms with Gasteiger partial charge in [-0.1, -0.05) is 96.2 Å². The minimum absolute atomic E-state index is 0.0908. The Morgan fingerprint density at radius 3 is 2.02 bits per heavy atom. The van der Waals surface area contributed by atoms with E-state index in [2.05, 4.69) is 25.0 Å². The number of hydrogen-bond donors (Lipinski definition) is 3. The fourth-order valence-electron chi connectivity index (χ4n) is 6.44. The molecule has 4 aromatic rings. The summed E-state index contributed by atoms with van der Waals surface area (Å²) in [7, 11) is -5.00. The Morgan fingerprint density at radius 2 is 1.53 bits per heavy atom. The molecule has 0 aliphatic carbocycles. The molecule has 276 valence electrons. The van der Waals surface area contributed by atoms with Gasteiger partial charge in [-0.25, -0.2) is 9.78 Å². The molecule has 2 atom stereocenters. The second kappa shape index (κ2) is 14.7. The van der Waals surface area contributed by atoms with Gasteiger partial charge in [-0.05, 0) is 23.1 Å². The lowest BCUT2D eigenvalue weighted by molar-refractivity contribution is -0.156. The number of aliphatic carboxylic acids is 1. The molecule has 1 fully saturated rings. The number of carbonyl (C=O) groups excluding carboxylic acids is 2. The van der Waals surface area contributed by atoms with E-state index in [1.807, 2.05) is 91.0 Å². The third-order valence-corrected chi connectivity index (χ3v) is 10.6. The van der Waals surface area contributed by atoms with E-state index < -0.39 is 68.8 Å². The Morgan fingerprint density at radius 1 is 0.981 bits per heavy atom. The maximum absolute atomic E-state index is 13.5. The molecule has 2 aliphatic heterocycles. The minimum Gasteiger partial charge on any atom is -0.476 e. The largest absolute Gasteiger partial charge is 0.534 e. The summed E-state index contributed by atoms with van der Waals surface area (Å²) in [6, 6.07) is 27.5. The third kappa shape index (κ3) is 7.06. The first kappa shape index (κ1) is 37.0. The number of amides is 2. The Balaban J connectivity index is 1.22. The highest BCUT2D eigenvalue weighted by Gasteiger charge is 2.56.